The van der Waals surface area contributed by atoms with E-state index < -0.39 is 37.1 Å². The summed E-state index contributed by atoms with van der Waals surface area (Å²) in [7, 11) is 0. The van der Waals surface area contributed by atoms with Crippen LogP contribution in [-0.2, 0) is 9.53 Å². The van der Waals surface area contributed by atoms with Crippen molar-refractivity contribution in [3.63, 3.8) is 0 Å². The number of hydrogen-bond donors (Lipinski definition) is 5. The third-order valence-electron chi connectivity index (χ3n) is 2.44. The van der Waals surface area contributed by atoms with E-state index in [1.807, 2.05) is 0 Å². The maximum Gasteiger partial charge on any atom is 0.295 e. The zero-order valence-corrected chi connectivity index (χ0v) is 8.65. The molecule has 2 heterocycles. The first-order valence-corrected chi connectivity index (χ1v) is 4.88. The van der Waals surface area contributed by atoms with Crippen molar-refractivity contribution in [1.29, 1.82) is 0 Å². The van der Waals surface area contributed by atoms with Gasteiger partial charge >= 0.3 is 0 Å². The number of carbonyl (C=O) groups excluding carboxylic acids is 1. The number of aliphatic imine (C=N–C) groups is 2. The summed E-state index contributed by atoms with van der Waals surface area (Å²) in [5, 5.41) is 30.1. The lowest BCUT2D eigenvalue weighted by molar-refractivity contribution is -0.113. The summed E-state index contributed by atoms with van der Waals surface area (Å²) >= 11 is 0. The fraction of sp³-hybridized carbons (Fsp3) is 0.625. The highest BCUT2D eigenvalue weighted by atomic mass is 16.6. The van der Waals surface area contributed by atoms with Crippen LogP contribution >= 0.6 is 0 Å². The lowest BCUT2D eigenvalue weighted by Gasteiger charge is -2.10. The predicted octanol–water partition coefficient (Wildman–Crippen LogP) is -3.73. The molecule has 6 N–H and O–H groups in total. The van der Waals surface area contributed by atoms with Crippen LogP contribution in [0.25, 0.3) is 0 Å². The van der Waals surface area contributed by atoms with Gasteiger partial charge in [0.25, 0.3) is 5.91 Å². The number of nitrogens with one attached hydrogen (secondary N) is 1. The van der Waals surface area contributed by atoms with Gasteiger partial charge in [-0.1, -0.05) is 0 Å². The molecule has 2 aliphatic rings. The quantitative estimate of drug-likeness (QED) is 0.337. The predicted molar refractivity (Wildman–Crippen MR) is 55.0 cm³/mol. The van der Waals surface area contributed by atoms with Crippen LogP contribution in [0.4, 0.5) is 0 Å². The molecular weight excluding hydrogens is 232 g/mol. The average Bonchev–Trinajstić information content (AvgIpc) is 2.73. The van der Waals surface area contributed by atoms with Crippen molar-refractivity contribution >= 4 is 17.7 Å². The molecule has 0 saturated carbocycles. The molecule has 1 fully saturated rings. The van der Waals surface area contributed by atoms with Crippen molar-refractivity contribution in [2.24, 2.45) is 15.7 Å². The largest absolute Gasteiger partial charge is 0.394 e. The van der Waals surface area contributed by atoms with Gasteiger partial charge < -0.3 is 25.8 Å². The minimum absolute atomic E-state index is 0.0968. The number of hydrogen-bond acceptors (Lipinski definition) is 7. The normalized spacial score (nSPS) is 39.6. The number of guanidine groups is 1. The first kappa shape index (κ1) is 11.9. The lowest BCUT2D eigenvalue weighted by Crippen LogP contribution is -2.34. The van der Waals surface area contributed by atoms with Crippen molar-refractivity contribution in [2.45, 2.75) is 24.5 Å². The number of amides is 1. The summed E-state index contributed by atoms with van der Waals surface area (Å²) in [6, 6.07) is 0. The molecule has 94 valence electrons. The van der Waals surface area contributed by atoms with E-state index in [1.54, 1.807) is 0 Å². The van der Waals surface area contributed by atoms with Gasteiger partial charge in [0.15, 0.2) is 6.23 Å². The average molecular weight is 244 g/mol. The van der Waals surface area contributed by atoms with Crippen LogP contribution in [-0.4, -0.2) is 64.2 Å². The van der Waals surface area contributed by atoms with Gasteiger partial charge in [0.2, 0.25) is 11.8 Å². The zero-order chi connectivity index (χ0) is 12.6. The second-order valence-corrected chi connectivity index (χ2v) is 3.63. The molecule has 17 heavy (non-hydrogen) atoms. The first-order chi connectivity index (χ1) is 8.02. The molecule has 4 atom stereocenters. The van der Waals surface area contributed by atoms with Crippen LogP contribution in [0.1, 0.15) is 0 Å². The third kappa shape index (κ3) is 2.13. The highest BCUT2D eigenvalue weighted by Crippen LogP contribution is 2.22. The number of nitrogens with zero attached hydrogens (tertiary/aromatic N) is 2. The highest BCUT2D eigenvalue weighted by molar-refractivity contribution is 6.46. The van der Waals surface area contributed by atoms with Crippen LogP contribution in [0.2, 0.25) is 0 Å². The maximum absolute atomic E-state index is 11.2. The molecule has 1 saturated heterocycles. The van der Waals surface area contributed by atoms with Crippen molar-refractivity contribution in [3.05, 3.63) is 0 Å². The second-order valence-electron chi connectivity index (χ2n) is 3.63. The second kappa shape index (κ2) is 4.37. The fourth-order valence-electron chi connectivity index (χ4n) is 1.56. The molecule has 0 aromatic heterocycles. The fourth-order valence-corrected chi connectivity index (χ4v) is 1.56. The summed E-state index contributed by atoms with van der Waals surface area (Å²) in [6.07, 6.45) is -4.69. The molecule has 0 aromatic rings. The lowest BCUT2D eigenvalue weighted by atomic mass is 10.1. The van der Waals surface area contributed by atoms with Crippen LogP contribution in [0.3, 0.4) is 0 Å². The van der Waals surface area contributed by atoms with Crippen molar-refractivity contribution in [3.8, 4) is 0 Å². The Kier molecular flexibility index (Phi) is 3.07. The maximum atomic E-state index is 11.2. The molecule has 9 heteroatoms. The van der Waals surface area contributed by atoms with E-state index >= 15 is 0 Å². The Bertz CT molecular complexity index is 395. The third-order valence-corrected chi connectivity index (χ3v) is 2.44. The molecule has 0 radical (unpaired) electrons. The Hall–Kier alpha value is -1.55. The molecule has 2 aliphatic heterocycles. The Morgan fingerprint density at radius 1 is 1.47 bits per heavy atom. The molecule has 0 bridgehead atoms. The topological polar surface area (TPSA) is 150 Å². The van der Waals surface area contributed by atoms with E-state index in [4.69, 9.17) is 15.6 Å². The van der Waals surface area contributed by atoms with E-state index in [0.29, 0.717) is 0 Å². The molecule has 1 amide bonds. The Morgan fingerprint density at radius 3 is 2.65 bits per heavy atom. The number of aliphatic hydroxyl groups is 3. The number of carbonyl (C=O) groups is 1. The molecule has 1 unspecified atom stereocenters. The Morgan fingerprint density at radius 2 is 2.18 bits per heavy atom. The minimum Gasteiger partial charge on any atom is -0.394 e. The van der Waals surface area contributed by atoms with E-state index in [-0.39, 0.29) is 11.8 Å². The van der Waals surface area contributed by atoms with Crippen molar-refractivity contribution in [2.75, 3.05) is 6.61 Å². The number of ether oxygens (including phenoxy) is 1. The molecule has 0 aromatic carbocycles. The van der Waals surface area contributed by atoms with Crippen LogP contribution in [0.5, 0.6) is 0 Å². The van der Waals surface area contributed by atoms with Gasteiger partial charge in [0, 0.05) is 0 Å². The van der Waals surface area contributed by atoms with Crippen LogP contribution in [0.15, 0.2) is 9.98 Å². The molecule has 0 spiro atoms. The van der Waals surface area contributed by atoms with E-state index in [1.165, 1.54) is 0 Å². The Balaban J connectivity index is 2.15. The van der Waals surface area contributed by atoms with Gasteiger partial charge in [-0.2, -0.15) is 4.99 Å². The summed E-state index contributed by atoms with van der Waals surface area (Å²) < 4.78 is 5.05. The van der Waals surface area contributed by atoms with Crippen molar-refractivity contribution < 1.29 is 24.9 Å². The van der Waals surface area contributed by atoms with E-state index in [9.17, 15) is 15.0 Å². The summed E-state index contributed by atoms with van der Waals surface area (Å²) in [4.78, 5) is 18.5. The molecule has 2 rings (SSSR count). The van der Waals surface area contributed by atoms with Gasteiger partial charge in [0.05, 0.1) is 6.61 Å². The SMILES string of the molecule is NC1=NC(=N[C@@H]2OC(CO)[C@@H](O)[C@H]2O)C(=O)N1. The summed E-state index contributed by atoms with van der Waals surface area (Å²) in [5.41, 5.74) is 5.25. The molecular formula is C8H12N4O5. The summed E-state index contributed by atoms with van der Waals surface area (Å²) in [5.74, 6) is -0.946. The van der Waals surface area contributed by atoms with Crippen molar-refractivity contribution in [1.82, 2.24) is 5.32 Å². The van der Waals surface area contributed by atoms with Gasteiger partial charge in [-0.05, 0) is 0 Å². The smallest absolute Gasteiger partial charge is 0.295 e. The molecule has 9 nitrogen and oxygen atoms in total. The highest BCUT2D eigenvalue weighted by Gasteiger charge is 2.43. The van der Waals surface area contributed by atoms with Gasteiger partial charge in [0.1, 0.15) is 18.3 Å². The molecule has 0 aliphatic carbocycles. The van der Waals surface area contributed by atoms with E-state index in [0.717, 1.165) is 0 Å². The number of rotatable bonds is 2. The standard InChI is InChI=1S/C8H12N4O5/c9-8-11-5(6(16)12-8)10-7-4(15)3(14)2(1-13)17-7/h2-4,7,13-15H,1H2,(H3,9,10,11,12,16)/t2?,3-,4-,7-/m1/s1. The van der Waals surface area contributed by atoms with Gasteiger partial charge in [-0.3, -0.25) is 10.1 Å². The number of aliphatic hydroxyl groups excluding tert-OH is 3. The van der Waals surface area contributed by atoms with Gasteiger partial charge in [-0.25, -0.2) is 4.99 Å². The van der Waals surface area contributed by atoms with Crippen LogP contribution < -0.4 is 11.1 Å². The number of nitrogens with two attached hydrogens (primary N) is 1. The van der Waals surface area contributed by atoms with E-state index in [2.05, 4.69) is 15.3 Å². The number of amidine groups is 1. The monoisotopic (exact) mass is 244 g/mol. The first-order valence-electron chi connectivity index (χ1n) is 4.88. The zero-order valence-electron chi connectivity index (χ0n) is 8.65. The van der Waals surface area contributed by atoms with Gasteiger partial charge in [-0.15, -0.1) is 0 Å². The minimum atomic E-state index is -1.33. The van der Waals surface area contributed by atoms with Crippen LogP contribution in [0, 0.1) is 0 Å². The Labute approximate surface area is 95.6 Å². The summed E-state index contributed by atoms with van der Waals surface area (Å²) in [6.45, 7) is -0.461.